The fraction of sp³-hybridized carbons (Fsp3) is 0.462. The zero-order valence-corrected chi connectivity index (χ0v) is 26.9. The van der Waals surface area contributed by atoms with Gasteiger partial charge in [-0.3, -0.25) is 14.5 Å². The summed E-state index contributed by atoms with van der Waals surface area (Å²) in [6.07, 6.45) is 0.972. The van der Waals surface area contributed by atoms with Gasteiger partial charge in [0.25, 0.3) is 5.91 Å². The minimum absolute atomic E-state index is 0.0176. The third-order valence-electron chi connectivity index (χ3n) is 6.59. The third kappa shape index (κ3) is 7.43. The Hall–Kier alpha value is -0.740. The van der Waals surface area contributed by atoms with Gasteiger partial charge in [0, 0.05) is 35.3 Å². The van der Waals surface area contributed by atoms with Crippen LogP contribution in [0.1, 0.15) is 38.3 Å². The Bertz CT molecular complexity index is 1100. The van der Waals surface area contributed by atoms with Crippen LogP contribution < -0.4 is 4.74 Å². The van der Waals surface area contributed by atoms with Crippen molar-refractivity contribution >= 4 is 79.6 Å². The summed E-state index contributed by atoms with van der Waals surface area (Å²) in [4.78, 5) is 28.9. The summed E-state index contributed by atoms with van der Waals surface area (Å²) in [5.74, 6) is -0.945. The van der Waals surface area contributed by atoms with Crippen molar-refractivity contribution in [2.24, 2.45) is 5.92 Å². The monoisotopic (exact) mass is 834 g/mol. The Kier molecular flexibility index (Phi) is 11.1. The average molecular weight is 834 g/mol. The number of nitrogens with zero attached hydrogens (tertiary/aromatic N) is 2. The van der Waals surface area contributed by atoms with Gasteiger partial charge in [-0.1, -0.05) is 19.1 Å². The maximum Gasteiger partial charge on any atom is 0.306 e. The second-order valence-corrected chi connectivity index (χ2v) is 12.6. The first-order chi connectivity index (χ1) is 17.0. The predicted molar refractivity (Wildman–Crippen MR) is 163 cm³/mol. The number of carboxylic acids is 1. The van der Waals surface area contributed by atoms with Gasteiger partial charge in [-0.05, 0) is 124 Å². The number of carbonyl (C=O) groups excluding carboxylic acids is 1. The number of aliphatic carboxylic acids is 1. The van der Waals surface area contributed by atoms with Crippen LogP contribution in [0.3, 0.4) is 0 Å². The molecule has 10 heteroatoms. The lowest BCUT2D eigenvalue weighted by molar-refractivity contribution is -0.142. The largest absolute Gasteiger partial charge is 0.482 e. The first-order valence-corrected chi connectivity index (χ1v) is 15.0. The fourth-order valence-corrected chi connectivity index (χ4v) is 8.51. The van der Waals surface area contributed by atoms with Gasteiger partial charge in [-0.2, -0.15) is 0 Å². The van der Waals surface area contributed by atoms with E-state index in [-0.39, 0.29) is 30.4 Å². The molecule has 1 fully saturated rings. The maximum absolute atomic E-state index is 13.2. The van der Waals surface area contributed by atoms with Crippen molar-refractivity contribution in [3.8, 4) is 5.75 Å². The van der Waals surface area contributed by atoms with E-state index in [4.69, 9.17) is 4.74 Å². The van der Waals surface area contributed by atoms with Crippen LogP contribution in [0, 0.1) is 22.4 Å². The smallest absolute Gasteiger partial charge is 0.306 e. The molecule has 2 aromatic rings. The molecule has 3 atom stereocenters. The zero-order chi connectivity index (χ0) is 26.6. The normalized spacial score (nSPS) is 19.2. The Morgan fingerprint density at radius 3 is 2.39 bits per heavy atom. The highest BCUT2D eigenvalue weighted by Crippen LogP contribution is 2.35. The molecular weight excluding hydrogens is 804 g/mol. The van der Waals surface area contributed by atoms with E-state index in [0.29, 0.717) is 31.7 Å². The molecule has 2 aromatic carbocycles. The summed E-state index contributed by atoms with van der Waals surface area (Å²) >= 11 is 6.65. The molecule has 1 amide bonds. The van der Waals surface area contributed by atoms with E-state index in [2.05, 4.69) is 79.6 Å². The molecular formula is C26H30FI3N2O4. The van der Waals surface area contributed by atoms with Gasteiger partial charge in [0.05, 0.1) is 13.1 Å². The summed E-state index contributed by atoms with van der Waals surface area (Å²) < 4.78 is 22.1. The van der Waals surface area contributed by atoms with Gasteiger partial charge in [0.2, 0.25) is 0 Å². The Morgan fingerprint density at radius 2 is 1.78 bits per heavy atom. The van der Waals surface area contributed by atoms with Gasteiger partial charge < -0.3 is 14.7 Å². The van der Waals surface area contributed by atoms with E-state index >= 15 is 0 Å². The topological polar surface area (TPSA) is 70.1 Å². The summed E-state index contributed by atoms with van der Waals surface area (Å²) in [7, 11) is 0. The molecule has 1 saturated heterocycles. The second kappa shape index (κ2) is 13.4. The van der Waals surface area contributed by atoms with Crippen molar-refractivity contribution in [2.75, 3.05) is 19.7 Å². The molecule has 1 unspecified atom stereocenters. The van der Waals surface area contributed by atoms with Crippen LogP contribution in [0.25, 0.3) is 0 Å². The lowest BCUT2D eigenvalue weighted by Gasteiger charge is -2.44. The van der Waals surface area contributed by atoms with Crippen molar-refractivity contribution in [2.45, 2.75) is 52.2 Å². The van der Waals surface area contributed by atoms with Crippen molar-refractivity contribution in [1.82, 2.24) is 9.80 Å². The first-order valence-electron chi connectivity index (χ1n) is 11.8. The SMILES string of the molecule is CCC(Cc1c(I)cc(I)c(OCC(=O)N2C[C@H](C)N(Cc3ccc(F)cc3)C[C@H]2C)c1I)C(=O)O. The Morgan fingerprint density at radius 1 is 1.11 bits per heavy atom. The maximum atomic E-state index is 13.2. The summed E-state index contributed by atoms with van der Waals surface area (Å²) in [5, 5.41) is 9.51. The van der Waals surface area contributed by atoms with Gasteiger partial charge in [0.1, 0.15) is 11.6 Å². The number of benzene rings is 2. The molecule has 0 aromatic heterocycles. The molecule has 196 valence electrons. The van der Waals surface area contributed by atoms with Crippen LogP contribution in [0.15, 0.2) is 30.3 Å². The number of carbonyl (C=O) groups is 2. The van der Waals surface area contributed by atoms with E-state index < -0.39 is 11.9 Å². The minimum Gasteiger partial charge on any atom is -0.482 e. The summed E-state index contributed by atoms with van der Waals surface area (Å²) in [6.45, 7) is 7.96. The van der Waals surface area contributed by atoms with Crippen molar-refractivity contribution in [3.63, 3.8) is 0 Å². The van der Waals surface area contributed by atoms with Crippen LogP contribution in [-0.4, -0.2) is 58.6 Å². The Labute approximate surface area is 252 Å². The van der Waals surface area contributed by atoms with E-state index in [9.17, 15) is 19.1 Å². The quantitative estimate of drug-likeness (QED) is 0.325. The highest BCUT2D eigenvalue weighted by Gasteiger charge is 2.32. The van der Waals surface area contributed by atoms with Gasteiger partial charge >= 0.3 is 5.97 Å². The summed E-state index contributed by atoms with van der Waals surface area (Å²) in [5.41, 5.74) is 2.00. The molecule has 3 rings (SSSR count). The molecule has 0 spiro atoms. The van der Waals surface area contributed by atoms with Gasteiger partial charge in [0.15, 0.2) is 6.61 Å². The molecule has 0 aliphatic carbocycles. The van der Waals surface area contributed by atoms with E-state index in [1.54, 1.807) is 12.1 Å². The van der Waals surface area contributed by atoms with Crippen LogP contribution in [0.4, 0.5) is 4.39 Å². The van der Waals surface area contributed by atoms with Crippen molar-refractivity contribution in [1.29, 1.82) is 0 Å². The summed E-state index contributed by atoms with van der Waals surface area (Å²) in [6, 6.07) is 8.70. The van der Waals surface area contributed by atoms with Crippen LogP contribution in [-0.2, 0) is 22.6 Å². The molecule has 1 N–H and O–H groups in total. The van der Waals surface area contributed by atoms with Crippen LogP contribution in [0.5, 0.6) is 5.75 Å². The Balaban J connectivity index is 1.66. The molecule has 6 nitrogen and oxygen atoms in total. The van der Waals surface area contributed by atoms with Crippen LogP contribution in [0.2, 0.25) is 0 Å². The number of amides is 1. The number of carboxylic acid groups (broad SMARTS) is 1. The molecule has 1 aliphatic rings. The van der Waals surface area contributed by atoms with Crippen LogP contribution >= 0.6 is 67.8 Å². The zero-order valence-electron chi connectivity index (χ0n) is 20.4. The number of piperazine rings is 1. The lowest BCUT2D eigenvalue weighted by atomic mass is 9.97. The van der Waals surface area contributed by atoms with Crippen molar-refractivity contribution in [3.05, 3.63) is 58.0 Å². The lowest BCUT2D eigenvalue weighted by Crippen LogP contribution is -2.58. The average Bonchev–Trinajstić information content (AvgIpc) is 2.82. The molecule has 1 aliphatic heterocycles. The number of rotatable bonds is 9. The number of ether oxygens (including phenoxy) is 1. The van der Waals surface area contributed by atoms with Gasteiger partial charge in [-0.15, -0.1) is 0 Å². The first kappa shape index (κ1) is 29.8. The molecule has 1 heterocycles. The molecule has 0 radical (unpaired) electrons. The van der Waals surface area contributed by atoms with Gasteiger partial charge in [-0.25, -0.2) is 4.39 Å². The highest BCUT2D eigenvalue weighted by atomic mass is 127. The van der Waals surface area contributed by atoms with E-state index in [0.717, 1.165) is 28.4 Å². The number of hydrogen-bond donors (Lipinski definition) is 1. The fourth-order valence-electron chi connectivity index (χ4n) is 4.39. The highest BCUT2D eigenvalue weighted by molar-refractivity contribution is 14.1. The third-order valence-corrected chi connectivity index (χ3v) is 9.49. The molecule has 0 saturated carbocycles. The number of halogens is 4. The standard InChI is InChI=1S/C26H30FI3N2O4/c1-4-18(26(34)35)9-20-21(28)10-22(29)25(24(20)30)36-14-23(33)32-12-15(2)31(11-16(32)3)13-17-5-7-19(27)8-6-17/h5-8,10,15-16,18H,4,9,11-14H2,1-3H3,(H,34,35)/t15-,16+,18?/m0/s1. The van der Waals surface area contributed by atoms with E-state index in [1.807, 2.05) is 24.8 Å². The molecule has 36 heavy (non-hydrogen) atoms. The van der Waals surface area contributed by atoms with E-state index in [1.165, 1.54) is 12.1 Å². The minimum atomic E-state index is -0.804. The number of hydrogen-bond acceptors (Lipinski definition) is 4. The van der Waals surface area contributed by atoms with Crippen molar-refractivity contribution < 1.29 is 23.8 Å². The second-order valence-electron chi connectivity index (χ2n) is 9.20. The predicted octanol–water partition coefficient (Wildman–Crippen LogP) is 5.79. The molecule has 0 bridgehead atoms.